The molecule has 0 aromatic heterocycles. The molecule has 2 aliphatic rings. The number of hydrogen-bond donors (Lipinski definition) is 0. The van der Waals surface area contributed by atoms with Crippen LogP contribution in [0.4, 0.5) is 0 Å². The zero-order chi connectivity index (χ0) is 48.3. The van der Waals surface area contributed by atoms with Gasteiger partial charge in [0.25, 0.3) is 0 Å². The van der Waals surface area contributed by atoms with E-state index in [1.807, 2.05) is 72.8 Å². The third kappa shape index (κ3) is 11.4. The molecule has 12 heteroatoms. The molecule has 69 heavy (non-hydrogen) atoms. The quantitative estimate of drug-likeness (QED) is 0.0309. The average Bonchev–Trinajstić information content (AvgIpc) is 3.87. The Labute approximate surface area is 399 Å². The topological polar surface area (TPSA) is 158 Å². The minimum atomic E-state index is -0.648. The van der Waals surface area contributed by atoms with Crippen molar-refractivity contribution in [3.8, 4) is 45.3 Å². The van der Waals surface area contributed by atoms with Gasteiger partial charge in [0.2, 0.25) is 0 Å². The third-order valence-corrected chi connectivity index (χ3v) is 11.9. The van der Waals surface area contributed by atoms with Crippen molar-refractivity contribution < 1.29 is 57.2 Å². The number of carbonyl (C=O) groups is 6. The molecule has 6 aromatic rings. The van der Waals surface area contributed by atoms with Gasteiger partial charge in [-0.2, -0.15) is 0 Å². The number of esters is 4. The molecular weight excluding hydrogens is 877 g/mol. The summed E-state index contributed by atoms with van der Waals surface area (Å²) in [6.07, 6.45) is 4.40. The Balaban J connectivity index is 0.752. The van der Waals surface area contributed by atoms with Crippen molar-refractivity contribution in [1.82, 2.24) is 0 Å². The van der Waals surface area contributed by atoms with Crippen molar-refractivity contribution in [1.29, 1.82) is 0 Å². The van der Waals surface area contributed by atoms with Crippen LogP contribution >= 0.6 is 0 Å². The van der Waals surface area contributed by atoms with Gasteiger partial charge in [-0.15, -0.1) is 0 Å². The van der Waals surface area contributed by atoms with Gasteiger partial charge in [0.15, 0.2) is 34.6 Å². The van der Waals surface area contributed by atoms with Gasteiger partial charge in [0.1, 0.15) is 13.2 Å². The summed E-state index contributed by atoms with van der Waals surface area (Å²) >= 11 is 0. The second-order valence-corrected chi connectivity index (χ2v) is 16.4. The third-order valence-electron chi connectivity index (χ3n) is 11.9. The summed E-state index contributed by atoms with van der Waals surface area (Å²) in [7, 11) is 2.81. The number of hydrogen-bond acceptors (Lipinski definition) is 12. The van der Waals surface area contributed by atoms with Crippen LogP contribution in [-0.2, 0) is 38.2 Å². The lowest BCUT2D eigenvalue weighted by Crippen LogP contribution is -2.15. The van der Waals surface area contributed by atoms with E-state index < -0.39 is 41.9 Å². The van der Waals surface area contributed by atoms with E-state index in [2.05, 4.69) is 24.3 Å². The van der Waals surface area contributed by atoms with Crippen LogP contribution < -0.4 is 18.9 Å². The summed E-state index contributed by atoms with van der Waals surface area (Å²) < 4.78 is 33.0. The van der Waals surface area contributed by atoms with Gasteiger partial charge in [0.05, 0.1) is 46.3 Å². The maximum Gasteiger partial charge on any atom is 0.311 e. The van der Waals surface area contributed by atoms with Gasteiger partial charge < -0.3 is 28.4 Å². The summed E-state index contributed by atoms with van der Waals surface area (Å²) in [5.41, 5.74) is 9.95. The zero-order valence-electron chi connectivity index (χ0n) is 38.0. The fraction of sp³-hybridized carbons (Fsp3) is 0.193. The largest absolute Gasteiger partial charge is 0.493 e. The Bertz CT molecular complexity index is 2710. The molecule has 0 saturated heterocycles. The monoisotopic (exact) mass is 924 g/mol. The van der Waals surface area contributed by atoms with Crippen molar-refractivity contribution in [2.45, 2.75) is 43.9 Å². The molecule has 0 amide bonds. The molecule has 6 aromatic carbocycles. The van der Waals surface area contributed by atoms with Crippen LogP contribution in [0.1, 0.15) is 77.3 Å². The molecule has 0 unspecified atom stereocenters. The SMILES string of the molecule is COc1cc(/C=C/C(=O)CC(=O)/C=C/c2ccc(OC(=O)CCC(=O)OCC3c4ccccc4-c4ccccc43)c(OC)c2)ccc1OC(=O)CCC(=O)OCC1c2ccccc2-c2ccccc21. The first-order chi connectivity index (χ1) is 33.6. The van der Waals surface area contributed by atoms with E-state index in [4.69, 9.17) is 28.4 Å². The van der Waals surface area contributed by atoms with Gasteiger partial charge in [-0.25, -0.2) is 0 Å². The fourth-order valence-electron chi connectivity index (χ4n) is 8.54. The Kier molecular flexibility index (Phi) is 15.0. The van der Waals surface area contributed by atoms with Crippen LogP contribution in [-0.4, -0.2) is 62.9 Å². The molecule has 0 spiro atoms. The molecule has 12 nitrogen and oxygen atoms in total. The van der Waals surface area contributed by atoms with E-state index in [-0.39, 0.29) is 73.7 Å². The lowest BCUT2D eigenvalue weighted by molar-refractivity contribution is -0.147. The van der Waals surface area contributed by atoms with E-state index in [1.165, 1.54) is 50.7 Å². The van der Waals surface area contributed by atoms with E-state index in [9.17, 15) is 28.8 Å². The molecule has 0 fully saturated rings. The zero-order valence-corrected chi connectivity index (χ0v) is 38.0. The molecule has 0 heterocycles. The smallest absolute Gasteiger partial charge is 0.311 e. The molecule has 2 aliphatic carbocycles. The van der Waals surface area contributed by atoms with Crippen LogP contribution in [0.15, 0.2) is 146 Å². The lowest BCUT2D eigenvalue weighted by Gasteiger charge is -2.14. The molecule has 0 radical (unpaired) electrons. The second kappa shape index (κ2) is 21.9. The lowest BCUT2D eigenvalue weighted by atomic mass is 9.98. The van der Waals surface area contributed by atoms with E-state index >= 15 is 0 Å². The first-order valence-electron chi connectivity index (χ1n) is 22.5. The first kappa shape index (κ1) is 47.1. The van der Waals surface area contributed by atoms with Gasteiger partial charge in [0, 0.05) is 11.8 Å². The van der Waals surface area contributed by atoms with Gasteiger partial charge >= 0.3 is 23.9 Å². The number of ketones is 2. The van der Waals surface area contributed by atoms with Crippen LogP contribution in [0.3, 0.4) is 0 Å². The molecular formula is C57H48O12. The number of rotatable bonds is 20. The summed E-state index contributed by atoms with van der Waals surface area (Å²) in [5.74, 6) is -2.70. The highest BCUT2D eigenvalue weighted by Gasteiger charge is 2.30. The van der Waals surface area contributed by atoms with E-state index in [0.717, 1.165) is 44.5 Å². The highest BCUT2D eigenvalue weighted by Crippen LogP contribution is 2.46. The Morgan fingerprint density at radius 2 is 0.754 bits per heavy atom. The van der Waals surface area contributed by atoms with Gasteiger partial charge in [-0.3, -0.25) is 28.8 Å². The average molecular weight is 925 g/mol. The fourth-order valence-corrected chi connectivity index (χ4v) is 8.54. The van der Waals surface area contributed by atoms with Crippen molar-refractivity contribution in [2.75, 3.05) is 27.4 Å². The predicted octanol–water partition coefficient (Wildman–Crippen LogP) is 10.0. The molecule has 0 atom stereocenters. The Morgan fingerprint density at radius 1 is 0.420 bits per heavy atom. The number of methoxy groups -OCH3 is 2. The Morgan fingerprint density at radius 3 is 1.10 bits per heavy atom. The summed E-state index contributed by atoms with van der Waals surface area (Å²) in [4.78, 5) is 76.2. The molecule has 348 valence electrons. The Hall–Kier alpha value is -8.38. The van der Waals surface area contributed by atoms with Crippen molar-refractivity contribution >= 4 is 47.6 Å². The minimum absolute atomic E-state index is 0.0909. The first-order valence-corrected chi connectivity index (χ1v) is 22.5. The van der Waals surface area contributed by atoms with Gasteiger partial charge in [-0.05, 0) is 92.1 Å². The number of allylic oxidation sites excluding steroid dienone is 2. The van der Waals surface area contributed by atoms with Gasteiger partial charge in [-0.1, -0.05) is 121 Å². The van der Waals surface area contributed by atoms with Crippen LogP contribution in [0.2, 0.25) is 0 Å². The molecule has 8 rings (SSSR count). The summed E-state index contributed by atoms with van der Waals surface area (Å²) in [6.45, 7) is 0.312. The van der Waals surface area contributed by atoms with Crippen LogP contribution in [0, 0.1) is 0 Å². The highest BCUT2D eigenvalue weighted by atomic mass is 16.6. The second-order valence-electron chi connectivity index (χ2n) is 16.4. The number of carbonyl (C=O) groups excluding carboxylic acids is 6. The standard InChI is InChI=1S/C57H48O12/c1-64-52-31-36(21-25-50(52)68-56(62)29-27-54(60)66-34-48-44-15-7-3-11-40(44)41-12-4-8-16-45(41)48)19-23-38(58)33-39(59)24-20-37-22-26-51(53(32-37)65-2)69-57(63)30-28-55(61)67-35-49-46-17-9-5-13-42(46)43-14-6-10-18-47(43)49/h3-26,31-32,48-49H,27-30,33-35H2,1-2H3/b23-19+,24-20+. The molecule has 0 aliphatic heterocycles. The van der Waals surface area contributed by atoms with Crippen LogP contribution in [0.5, 0.6) is 23.0 Å². The maximum atomic E-state index is 12.7. The van der Waals surface area contributed by atoms with E-state index in [0.29, 0.717) is 11.1 Å². The number of fused-ring (bicyclic) bond motifs is 6. The molecule has 0 N–H and O–H groups in total. The van der Waals surface area contributed by atoms with Crippen molar-refractivity contribution in [2.24, 2.45) is 0 Å². The predicted molar refractivity (Wildman–Crippen MR) is 258 cm³/mol. The van der Waals surface area contributed by atoms with E-state index in [1.54, 1.807) is 24.3 Å². The number of benzene rings is 6. The number of ether oxygens (including phenoxy) is 6. The van der Waals surface area contributed by atoms with Crippen molar-refractivity contribution in [3.63, 3.8) is 0 Å². The molecule has 0 saturated carbocycles. The molecule has 0 bridgehead atoms. The van der Waals surface area contributed by atoms with Crippen LogP contribution in [0.25, 0.3) is 34.4 Å². The summed E-state index contributed by atoms with van der Waals surface area (Å²) in [5, 5.41) is 0. The minimum Gasteiger partial charge on any atom is -0.493 e. The van der Waals surface area contributed by atoms with Crippen molar-refractivity contribution in [3.05, 3.63) is 179 Å². The maximum absolute atomic E-state index is 12.7. The normalized spacial score (nSPS) is 12.4. The highest BCUT2D eigenvalue weighted by molar-refractivity contribution is 6.11. The summed E-state index contributed by atoms with van der Waals surface area (Å²) in [6, 6.07) is 41.5.